The SMILES string of the molecule is CC.CC.O=C(NO)Nc1ccc(Cl)c(C(F)(F)F)c1. The van der Waals surface area contributed by atoms with Crippen molar-refractivity contribution < 1.29 is 23.2 Å². The Kier molecular flexibility index (Phi) is 10.8. The minimum absolute atomic E-state index is 0.136. The molecule has 0 spiro atoms. The molecule has 20 heavy (non-hydrogen) atoms. The van der Waals surface area contributed by atoms with E-state index in [9.17, 15) is 18.0 Å². The minimum Gasteiger partial charge on any atom is -0.306 e. The van der Waals surface area contributed by atoms with Crippen molar-refractivity contribution in [2.75, 3.05) is 5.32 Å². The molecule has 0 aliphatic carbocycles. The van der Waals surface area contributed by atoms with E-state index >= 15 is 0 Å². The number of halogens is 4. The summed E-state index contributed by atoms with van der Waals surface area (Å²) in [7, 11) is 0. The van der Waals surface area contributed by atoms with Gasteiger partial charge < -0.3 is 5.32 Å². The van der Waals surface area contributed by atoms with Crippen LogP contribution in [0.2, 0.25) is 5.02 Å². The first-order valence-electron chi connectivity index (χ1n) is 5.92. The zero-order valence-corrected chi connectivity index (χ0v) is 12.4. The van der Waals surface area contributed by atoms with Crippen molar-refractivity contribution in [1.29, 1.82) is 0 Å². The Bertz CT molecular complexity index is 412. The summed E-state index contributed by atoms with van der Waals surface area (Å²) in [5, 5.41) is 9.67. The predicted octanol–water partition coefficient (Wildman–Crippen LogP) is 4.92. The van der Waals surface area contributed by atoms with E-state index in [4.69, 9.17) is 16.8 Å². The normalized spacial score (nSPS) is 9.45. The first-order valence-corrected chi connectivity index (χ1v) is 6.30. The Morgan fingerprint density at radius 1 is 1.20 bits per heavy atom. The van der Waals surface area contributed by atoms with E-state index in [0.717, 1.165) is 6.07 Å². The lowest BCUT2D eigenvalue weighted by Crippen LogP contribution is -2.25. The predicted molar refractivity (Wildman–Crippen MR) is 73.1 cm³/mol. The molecule has 0 saturated carbocycles. The van der Waals surface area contributed by atoms with Crippen LogP contribution < -0.4 is 10.8 Å². The van der Waals surface area contributed by atoms with Crippen molar-refractivity contribution in [2.45, 2.75) is 33.9 Å². The summed E-state index contributed by atoms with van der Waals surface area (Å²) in [6.45, 7) is 8.00. The molecular formula is C12H18ClF3N2O2. The first kappa shape index (κ1) is 20.8. The van der Waals surface area contributed by atoms with Crippen LogP contribution in [0.25, 0.3) is 0 Å². The van der Waals surface area contributed by atoms with E-state index in [2.05, 4.69) is 0 Å². The second kappa shape index (κ2) is 10.3. The molecule has 1 aromatic carbocycles. The zero-order valence-electron chi connectivity index (χ0n) is 11.6. The number of urea groups is 1. The number of rotatable bonds is 1. The third-order valence-electron chi connectivity index (χ3n) is 1.63. The van der Waals surface area contributed by atoms with E-state index in [0.29, 0.717) is 6.07 Å². The summed E-state index contributed by atoms with van der Waals surface area (Å²) in [6, 6.07) is 1.79. The maximum Gasteiger partial charge on any atom is 0.417 e. The van der Waals surface area contributed by atoms with Crippen molar-refractivity contribution in [3.63, 3.8) is 0 Å². The van der Waals surface area contributed by atoms with Gasteiger partial charge in [-0.3, -0.25) is 5.21 Å². The number of benzene rings is 1. The zero-order chi connectivity index (χ0) is 16.3. The molecule has 116 valence electrons. The number of alkyl halides is 3. The highest BCUT2D eigenvalue weighted by atomic mass is 35.5. The lowest BCUT2D eigenvalue weighted by Gasteiger charge is -2.11. The number of carbonyl (C=O) groups excluding carboxylic acids is 1. The molecule has 2 amide bonds. The van der Waals surface area contributed by atoms with Gasteiger partial charge in [0.15, 0.2) is 0 Å². The Labute approximate surface area is 120 Å². The van der Waals surface area contributed by atoms with E-state index in [1.807, 2.05) is 33.0 Å². The van der Waals surface area contributed by atoms with Gasteiger partial charge in [0.25, 0.3) is 0 Å². The van der Waals surface area contributed by atoms with Crippen LogP contribution in [0.3, 0.4) is 0 Å². The van der Waals surface area contributed by atoms with Gasteiger partial charge in [-0.1, -0.05) is 39.3 Å². The lowest BCUT2D eigenvalue weighted by atomic mass is 10.2. The van der Waals surface area contributed by atoms with Gasteiger partial charge in [0.2, 0.25) is 0 Å². The van der Waals surface area contributed by atoms with Crippen molar-refractivity contribution in [2.24, 2.45) is 0 Å². The molecule has 1 rings (SSSR count). The maximum atomic E-state index is 12.4. The summed E-state index contributed by atoms with van der Waals surface area (Å²) >= 11 is 5.35. The molecule has 8 heteroatoms. The fourth-order valence-electron chi connectivity index (χ4n) is 0.979. The molecule has 0 aromatic heterocycles. The number of nitrogens with one attached hydrogen (secondary N) is 2. The van der Waals surface area contributed by atoms with Gasteiger partial charge in [0, 0.05) is 5.69 Å². The standard InChI is InChI=1S/C8H6ClF3N2O2.2C2H6/c9-6-2-1-4(13-7(15)14-16)3-5(6)8(10,11)12;2*1-2/h1-3,16H,(H2,13,14,15);2*1-2H3. The van der Waals surface area contributed by atoms with Gasteiger partial charge in [-0.2, -0.15) is 13.2 Å². The van der Waals surface area contributed by atoms with Gasteiger partial charge >= 0.3 is 12.2 Å². The van der Waals surface area contributed by atoms with Crippen LogP contribution in [0.15, 0.2) is 18.2 Å². The molecule has 3 N–H and O–H groups in total. The summed E-state index contributed by atoms with van der Waals surface area (Å²) in [4.78, 5) is 10.6. The lowest BCUT2D eigenvalue weighted by molar-refractivity contribution is -0.137. The molecule has 0 bridgehead atoms. The van der Waals surface area contributed by atoms with E-state index in [1.165, 1.54) is 11.5 Å². The second-order valence-corrected chi connectivity index (χ2v) is 3.17. The van der Waals surface area contributed by atoms with Crippen LogP contribution in [0.5, 0.6) is 0 Å². The molecule has 0 aliphatic heterocycles. The van der Waals surface area contributed by atoms with E-state index in [-0.39, 0.29) is 5.69 Å². The fourth-order valence-corrected chi connectivity index (χ4v) is 1.20. The van der Waals surface area contributed by atoms with Crippen LogP contribution in [-0.2, 0) is 6.18 Å². The summed E-state index contributed by atoms with van der Waals surface area (Å²) in [5.41, 5.74) is 0.0212. The first-order chi connectivity index (χ1) is 9.34. The summed E-state index contributed by atoms with van der Waals surface area (Å²) in [5.74, 6) is 0. The molecule has 0 saturated heterocycles. The molecule has 0 heterocycles. The number of hydroxylamine groups is 1. The highest BCUT2D eigenvalue weighted by Gasteiger charge is 2.33. The number of carbonyl (C=O) groups is 1. The maximum absolute atomic E-state index is 12.4. The van der Waals surface area contributed by atoms with Crippen LogP contribution in [-0.4, -0.2) is 11.2 Å². The van der Waals surface area contributed by atoms with Gasteiger partial charge in [0.1, 0.15) is 0 Å². The van der Waals surface area contributed by atoms with Crippen molar-refractivity contribution >= 4 is 23.3 Å². The van der Waals surface area contributed by atoms with Gasteiger partial charge in [-0.15, -0.1) is 0 Å². The summed E-state index contributed by atoms with van der Waals surface area (Å²) in [6.07, 6.45) is -4.61. The van der Waals surface area contributed by atoms with E-state index < -0.39 is 22.8 Å². The minimum atomic E-state index is -4.61. The average Bonchev–Trinajstić information content (AvgIpc) is 2.44. The smallest absolute Gasteiger partial charge is 0.306 e. The van der Waals surface area contributed by atoms with Crippen molar-refractivity contribution in [3.8, 4) is 0 Å². The van der Waals surface area contributed by atoms with Crippen molar-refractivity contribution in [3.05, 3.63) is 28.8 Å². The van der Waals surface area contributed by atoms with Gasteiger partial charge in [-0.05, 0) is 18.2 Å². The second-order valence-electron chi connectivity index (χ2n) is 2.76. The number of hydrogen-bond acceptors (Lipinski definition) is 2. The van der Waals surface area contributed by atoms with Gasteiger partial charge in [-0.25, -0.2) is 10.3 Å². The van der Waals surface area contributed by atoms with Crippen LogP contribution >= 0.6 is 11.6 Å². The highest BCUT2D eigenvalue weighted by Crippen LogP contribution is 2.36. The Morgan fingerprint density at radius 3 is 2.10 bits per heavy atom. The van der Waals surface area contributed by atoms with Crippen LogP contribution in [0.4, 0.5) is 23.7 Å². The third-order valence-corrected chi connectivity index (χ3v) is 1.96. The molecule has 0 radical (unpaired) electrons. The topological polar surface area (TPSA) is 61.4 Å². The molecule has 0 atom stereocenters. The Morgan fingerprint density at radius 2 is 1.70 bits per heavy atom. The van der Waals surface area contributed by atoms with Gasteiger partial charge in [0.05, 0.1) is 10.6 Å². The Hall–Kier alpha value is -1.47. The third kappa shape index (κ3) is 7.20. The van der Waals surface area contributed by atoms with Crippen LogP contribution in [0.1, 0.15) is 33.3 Å². The average molecular weight is 315 g/mol. The number of hydrogen-bond donors (Lipinski definition) is 3. The molecule has 1 aromatic rings. The van der Waals surface area contributed by atoms with Crippen LogP contribution in [0, 0.1) is 0 Å². The fraction of sp³-hybridized carbons (Fsp3) is 0.417. The quantitative estimate of drug-likeness (QED) is 0.509. The Balaban J connectivity index is 0. The molecule has 0 fully saturated rings. The van der Waals surface area contributed by atoms with E-state index in [1.54, 1.807) is 0 Å². The molecule has 4 nitrogen and oxygen atoms in total. The van der Waals surface area contributed by atoms with Crippen molar-refractivity contribution in [1.82, 2.24) is 5.48 Å². The largest absolute Gasteiger partial charge is 0.417 e. The number of anilines is 1. The monoisotopic (exact) mass is 314 g/mol. The highest BCUT2D eigenvalue weighted by molar-refractivity contribution is 6.31. The number of amides is 2. The summed E-state index contributed by atoms with van der Waals surface area (Å²) < 4.78 is 37.2. The molecule has 0 unspecified atom stereocenters. The molecular weight excluding hydrogens is 297 g/mol. The molecule has 0 aliphatic rings.